The predicted octanol–water partition coefficient (Wildman–Crippen LogP) is 3.27. The highest BCUT2D eigenvalue weighted by atomic mass is 32.1. The molecule has 0 radical (unpaired) electrons. The van der Waals surface area contributed by atoms with E-state index in [1.807, 2.05) is 11.3 Å². The molecule has 1 aliphatic heterocycles. The summed E-state index contributed by atoms with van der Waals surface area (Å²) in [7, 11) is 0. The molecule has 2 aliphatic rings. The van der Waals surface area contributed by atoms with Gasteiger partial charge in [0.2, 0.25) is 0 Å². The predicted molar refractivity (Wildman–Crippen MR) is 78.1 cm³/mol. The van der Waals surface area contributed by atoms with Crippen molar-refractivity contribution in [2.75, 3.05) is 19.6 Å². The molecule has 0 aromatic carbocycles. The molecule has 2 unspecified atom stereocenters. The second kappa shape index (κ2) is 5.72. The SMILES string of the molecule is CC(c1ccsc1)N(CC1CCCNC1)C1CC1. The fourth-order valence-corrected chi connectivity index (χ4v) is 3.86. The lowest BCUT2D eigenvalue weighted by atomic mass is 9.97. The summed E-state index contributed by atoms with van der Waals surface area (Å²) in [5.41, 5.74) is 1.51. The third-order valence-corrected chi connectivity index (χ3v) is 5.11. The summed E-state index contributed by atoms with van der Waals surface area (Å²) >= 11 is 1.82. The lowest BCUT2D eigenvalue weighted by Gasteiger charge is -2.34. The van der Waals surface area contributed by atoms with Gasteiger partial charge in [-0.2, -0.15) is 11.3 Å². The Balaban J connectivity index is 1.64. The van der Waals surface area contributed by atoms with Crippen LogP contribution in [0.15, 0.2) is 16.8 Å². The maximum Gasteiger partial charge on any atom is 0.0331 e. The quantitative estimate of drug-likeness (QED) is 0.878. The van der Waals surface area contributed by atoms with Crippen LogP contribution in [0.3, 0.4) is 0 Å². The topological polar surface area (TPSA) is 15.3 Å². The average Bonchev–Trinajstić information content (AvgIpc) is 3.10. The zero-order valence-electron chi connectivity index (χ0n) is 11.3. The van der Waals surface area contributed by atoms with Crippen molar-refractivity contribution in [3.8, 4) is 0 Å². The van der Waals surface area contributed by atoms with Crippen LogP contribution >= 0.6 is 11.3 Å². The third-order valence-electron chi connectivity index (χ3n) is 4.41. The largest absolute Gasteiger partial charge is 0.316 e. The van der Waals surface area contributed by atoms with E-state index < -0.39 is 0 Å². The molecule has 1 aromatic rings. The Morgan fingerprint density at radius 2 is 2.33 bits per heavy atom. The van der Waals surface area contributed by atoms with Crippen LogP contribution in [0.2, 0.25) is 0 Å². The highest BCUT2D eigenvalue weighted by Crippen LogP contribution is 2.36. The Labute approximate surface area is 114 Å². The van der Waals surface area contributed by atoms with Crippen molar-refractivity contribution >= 4 is 11.3 Å². The first-order valence-corrected chi connectivity index (χ1v) is 8.27. The van der Waals surface area contributed by atoms with E-state index in [2.05, 4.69) is 34.0 Å². The van der Waals surface area contributed by atoms with Crippen molar-refractivity contribution in [2.45, 2.75) is 44.7 Å². The molecule has 2 fully saturated rings. The Bertz CT molecular complexity index is 353. The second-order valence-corrected chi connectivity index (χ2v) is 6.65. The lowest BCUT2D eigenvalue weighted by molar-refractivity contribution is 0.154. The number of hydrogen-bond donors (Lipinski definition) is 1. The summed E-state index contributed by atoms with van der Waals surface area (Å²) in [6, 6.07) is 3.76. The van der Waals surface area contributed by atoms with Crippen LogP contribution < -0.4 is 5.32 Å². The maximum absolute atomic E-state index is 3.55. The van der Waals surface area contributed by atoms with Crippen LogP contribution in [-0.4, -0.2) is 30.6 Å². The molecule has 1 saturated carbocycles. The van der Waals surface area contributed by atoms with Gasteiger partial charge in [0.1, 0.15) is 0 Å². The monoisotopic (exact) mass is 264 g/mol. The molecule has 100 valence electrons. The standard InChI is InChI=1S/C15H24N2S/c1-12(14-6-8-18-11-14)17(15-4-5-15)10-13-3-2-7-16-9-13/h6,8,11-13,15-16H,2-5,7,9-10H2,1H3. The number of nitrogens with zero attached hydrogens (tertiary/aromatic N) is 1. The fourth-order valence-electron chi connectivity index (χ4n) is 3.11. The van der Waals surface area contributed by atoms with E-state index in [-0.39, 0.29) is 0 Å². The van der Waals surface area contributed by atoms with Gasteiger partial charge in [0.05, 0.1) is 0 Å². The van der Waals surface area contributed by atoms with Gasteiger partial charge in [0.25, 0.3) is 0 Å². The Morgan fingerprint density at radius 3 is 2.94 bits per heavy atom. The molecule has 2 nitrogen and oxygen atoms in total. The Hall–Kier alpha value is -0.380. The minimum absolute atomic E-state index is 0.602. The number of piperidine rings is 1. The van der Waals surface area contributed by atoms with Gasteiger partial charge < -0.3 is 5.32 Å². The number of hydrogen-bond acceptors (Lipinski definition) is 3. The summed E-state index contributed by atoms with van der Waals surface area (Å²) < 4.78 is 0. The van der Waals surface area contributed by atoms with Crippen molar-refractivity contribution < 1.29 is 0 Å². The molecular formula is C15H24N2S. The molecule has 0 amide bonds. The number of rotatable bonds is 5. The van der Waals surface area contributed by atoms with E-state index in [1.165, 1.54) is 50.9 Å². The first-order valence-electron chi connectivity index (χ1n) is 7.33. The summed E-state index contributed by atoms with van der Waals surface area (Å²) in [6.45, 7) is 6.12. The van der Waals surface area contributed by atoms with Crippen LogP contribution in [0.4, 0.5) is 0 Å². The normalized spacial score (nSPS) is 26.4. The van der Waals surface area contributed by atoms with Gasteiger partial charge in [-0.25, -0.2) is 0 Å². The van der Waals surface area contributed by atoms with Crippen LogP contribution in [0.25, 0.3) is 0 Å². The Morgan fingerprint density at radius 1 is 1.44 bits per heavy atom. The van der Waals surface area contributed by atoms with E-state index in [4.69, 9.17) is 0 Å². The molecule has 0 spiro atoms. The zero-order valence-corrected chi connectivity index (χ0v) is 12.1. The molecule has 1 aromatic heterocycles. The van der Waals surface area contributed by atoms with Crippen molar-refractivity contribution in [1.82, 2.24) is 10.2 Å². The molecule has 2 heterocycles. The molecule has 2 atom stereocenters. The lowest BCUT2D eigenvalue weighted by Crippen LogP contribution is -2.40. The van der Waals surface area contributed by atoms with Crippen LogP contribution in [0.1, 0.15) is 44.2 Å². The molecule has 3 heteroatoms. The third kappa shape index (κ3) is 2.95. The number of thiophene rings is 1. The highest BCUT2D eigenvalue weighted by Gasteiger charge is 2.34. The zero-order chi connectivity index (χ0) is 12.4. The van der Waals surface area contributed by atoms with Gasteiger partial charge >= 0.3 is 0 Å². The molecule has 1 aliphatic carbocycles. The minimum atomic E-state index is 0.602. The van der Waals surface area contributed by atoms with Crippen LogP contribution in [-0.2, 0) is 0 Å². The second-order valence-electron chi connectivity index (χ2n) is 5.87. The molecule has 3 rings (SSSR count). The number of nitrogens with one attached hydrogen (secondary N) is 1. The maximum atomic E-state index is 3.55. The van der Waals surface area contributed by atoms with Gasteiger partial charge in [-0.3, -0.25) is 4.90 Å². The van der Waals surface area contributed by atoms with E-state index in [0.717, 1.165) is 12.0 Å². The van der Waals surface area contributed by atoms with Crippen molar-refractivity contribution in [2.24, 2.45) is 5.92 Å². The Kier molecular flexibility index (Phi) is 4.02. The summed E-state index contributed by atoms with van der Waals surface area (Å²) in [5.74, 6) is 0.862. The van der Waals surface area contributed by atoms with Gasteiger partial charge in [-0.15, -0.1) is 0 Å². The summed E-state index contributed by atoms with van der Waals surface area (Å²) in [6.07, 6.45) is 5.59. The van der Waals surface area contributed by atoms with Crippen molar-refractivity contribution in [3.05, 3.63) is 22.4 Å². The molecule has 1 N–H and O–H groups in total. The molecule has 0 bridgehead atoms. The highest BCUT2D eigenvalue weighted by molar-refractivity contribution is 7.07. The van der Waals surface area contributed by atoms with Crippen LogP contribution in [0, 0.1) is 5.92 Å². The molecular weight excluding hydrogens is 240 g/mol. The average molecular weight is 264 g/mol. The first-order chi connectivity index (χ1) is 8.84. The fraction of sp³-hybridized carbons (Fsp3) is 0.733. The minimum Gasteiger partial charge on any atom is -0.316 e. The first kappa shape index (κ1) is 12.6. The molecule has 1 saturated heterocycles. The van der Waals surface area contributed by atoms with E-state index in [0.29, 0.717) is 6.04 Å². The van der Waals surface area contributed by atoms with Crippen LogP contribution in [0.5, 0.6) is 0 Å². The van der Waals surface area contributed by atoms with Gasteiger partial charge in [0, 0.05) is 18.6 Å². The van der Waals surface area contributed by atoms with E-state index >= 15 is 0 Å². The summed E-state index contributed by atoms with van der Waals surface area (Å²) in [4.78, 5) is 2.76. The summed E-state index contributed by atoms with van der Waals surface area (Å²) in [5, 5.41) is 8.07. The van der Waals surface area contributed by atoms with Crippen molar-refractivity contribution in [3.63, 3.8) is 0 Å². The van der Waals surface area contributed by atoms with Crippen molar-refractivity contribution in [1.29, 1.82) is 0 Å². The van der Waals surface area contributed by atoms with Gasteiger partial charge in [-0.05, 0) is 74.0 Å². The molecule has 18 heavy (non-hydrogen) atoms. The van der Waals surface area contributed by atoms with E-state index in [9.17, 15) is 0 Å². The van der Waals surface area contributed by atoms with Gasteiger partial charge in [0.15, 0.2) is 0 Å². The smallest absolute Gasteiger partial charge is 0.0331 e. The van der Waals surface area contributed by atoms with Gasteiger partial charge in [-0.1, -0.05) is 0 Å². The van der Waals surface area contributed by atoms with E-state index in [1.54, 1.807) is 0 Å².